The van der Waals surface area contributed by atoms with Gasteiger partial charge in [0.05, 0.1) is 0 Å². The first-order chi connectivity index (χ1) is 14.2. The molecule has 1 fully saturated rings. The number of fused-ring (bicyclic) bond motifs is 3. The van der Waals surface area contributed by atoms with Gasteiger partial charge in [-0.15, -0.1) is 20.4 Å². The molecular weight excluding hydrogens is 391 g/mol. The summed E-state index contributed by atoms with van der Waals surface area (Å²) in [5.74, 6) is 2.01. The number of thioether (sulfide) groups is 1. The molecule has 29 heavy (non-hydrogen) atoms. The number of benzene rings is 1. The smallest absolute Gasteiger partial charge is 0.244 e. The van der Waals surface area contributed by atoms with Gasteiger partial charge in [-0.3, -0.25) is 4.90 Å². The lowest BCUT2D eigenvalue weighted by Gasteiger charge is -2.33. The van der Waals surface area contributed by atoms with E-state index < -0.39 is 6.17 Å². The maximum absolute atomic E-state index is 13.7. The fraction of sp³-hybridized carbons (Fsp3) is 0.579. The summed E-state index contributed by atoms with van der Waals surface area (Å²) >= 11 is 1.70. The van der Waals surface area contributed by atoms with E-state index in [4.69, 9.17) is 0 Å². The average molecular weight is 415 g/mol. The molecule has 0 bridgehead atoms. The number of nitrogens with zero attached hydrogens (tertiary/aromatic N) is 8. The van der Waals surface area contributed by atoms with Crippen LogP contribution in [0, 0.1) is 5.82 Å². The van der Waals surface area contributed by atoms with Gasteiger partial charge in [-0.1, -0.05) is 17.8 Å². The number of likely N-dealkylation sites (tertiary alicyclic amines) is 1. The maximum atomic E-state index is 13.7. The highest BCUT2D eigenvalue weighted by atomic mass is 32.2. The first-order valence-corrected chi connectivity index (χ1v) is 11.0. The molecule has 1 aliphatic carbocycles. The second kappa shape index (κ2) is 7.91. The normalized spacial score (nSPS) is 23.7. The van der Waals surface area contributed by atoms with Gasteiger partial charge < -0.3 is 4.57 Å². The van der Waals surface area contributed by atoms with E-state index in [2.05, 4.69) is 35.8 Å². The minimum absolute atomic E-state index is 0.108. The summed E-state index contributed by atoms with van der Waals surface area (Å²) in [6, 6.07) is 5.89. The predicted molar refractivity (Wildman–Crippen MR) is 106 cm³/mol. The van der Waals surface area contributed by atoms with Crippen LogP contribution in [0.1, 0.15) is 48.3 Å². The first kappa shape index (κ1) is 18.8. The van der Waals surface area contributed by atoms with Crippen molar-refractivity contribution in [3.63, 3.8) is 0 Å². The van der Waals surface area contributed by atoms with Gasteiger partial charge >= 0.3 is 0 Å². The van der Waals surface area contributed by atoms with Crippen LogP contribution >= 0.6 is 11.8 Å². The zero-order valence-corrected chi connectivity index (χ0v) is 17.1. The zero-order valence-electron chi connectivity index (χ0n) is 16.3. The number of aryl methyl sites for hydroxylation is 1. The van der Waals surface area contributed by atoms with Crippen LogP contribution in [-0.4, -0.2) is 44.5 Å². The Hall–Kier alpha value is -2.20. The van der Waals surface area contributed by atoms with E-state index in [9.17, 15) is 4.39 Å². The standard InChI is InChI=1S/C19H23FN8S/c1-27-18(17-21-25-26-22-17)23-24-19(27)29-10-2-8-28-9-7-14-15-11-13(20)5-3-12(15)4-6-16(14)28/h3,5,11,14,16-17H,2,4,6-10H2,1H3. The molecule has 10 heteroatoms. The van der Waals surface area contributed by atoms with Crippen LogP contribution in [0.2, 0.25) is 0 Å². The molecule has 0 spiro atoms. The number of rotatable bonds is 6. The lowest BCUT2D eigenvalue weighted by atomic mass is 9.79. The van der Waals surface area contributed by atoms with Gasteiger partial charge in [0, 0.05) is 24.8 Å². The third-order valence-electron chi connectivity index (χ3n) is 6.16. The van der Waals surface area contributed by atoms with Gasteiger partial charge in [-0.05, 0) is 72.5 Å². The summed E-state index contributed by atoms with van der Waals surface area (Å²) in [5.41, 5.74) is 2.58. The molecule has 2 unspecified atom stereocenters. The van der Waals surface area contributed by atoms with Crippen LogP contribution in [-0.2, 0) is 13.5 Å². The largest absolute Gasteiger partial charge is 0.306 e. The molecular formula is C19H23FN8S. The predicted octanol–water partition coefficient (Wildman–Crippen LogP) is 4.07. The minimum atomic E-state index is -0.470. The van der Waals surface area contributed by atoms with E-state index in [1.807, 2.05) is 17.7 Å². The molecule has 2 atom stereocenters. The van der Waals surface area contributed by atoms with Gasteiger partial charge in [0.2, 0.25) is 6.17 Å². The van der Waals surface area contributed by atoms with Crippen molar-refractivity contribution in [2.75, 3.05) is 18.8 Å². The van der Waals surface area contributed by atoms with Gasteiger partial charge in [0.15, 0.2) is 11.0 Å². The Labute approximate surface area is 172 Å². The topological polar surface area (TPSA) is 83.4 Å². The number of aromatic nitrogens is 3. The second-order valence-corrected chi connectivity index (χ2v) is 8.83. The summed E-state index contributed by atoms with van der Waals surface area (Å²) in [6.45, 7) is 2.16. The molecule has 3 heterocycles. The van der Waals surface area contributed by atoms with Crippen molar-refractivity contribution < 1.29 is 4.39 Å². The third kappa shape index (κ3) is 3.59. The van der Waals surface area contributed by atoms with Gasteiger partial charge in [-0.2, -0.15) is 0 Å². The minimum Gasteiger partial charge on any atom is -0.306 e. The van der Waals surface area contributed by atoms with Crippen LogP contribution in [0.3, 0.4) is 0 Å². The first-order valence-electron chi connectivity index (χ1n) is 10.0. The van der Waals surface area contributed by atoms with Crippen molar-refractivity contribution in [2.45, 2.75) is 49.0 Å². The quantitative estimate of drug-likeness (QED) is 0.527. The van der Waals surface area contributed by atoms with Crippen molar-refractivity contribution in [2.24, 2.45) is 27.7 Å². The SMILES string of the molecule is Cn1c(SCCCN2CCC3c4cc(F)ccc4CCC32)nnc1C1N=NN=N1. The Kier molecular flexibility index (Phi) is 5.13. The van der Waals surface area contributed by atoms with E-state index in [0.29, 0.717) is 17.8 Å². The summed E-state index contributed by atoms with van der Waals surface area (Å²) in [7, 11) is 1.92. The van der Waals surface area contributed by atoms with E-state index in [-0.39, 0.29) is 5.82 Å². The number of hydrogen-bond donors (Lipinski definition) is 0. The summed E-state index contributed by atoms with van der Waals surface area (Å²) in [5, 5.41) is 24.2. The Morgan fingerprint density at radius 1 is 1.17 bits per heavy atom. The van der Waals surface area contributed by atoms with Crippen molar-refractivity contribution in [1.29, 1.82) is 0 Å². The lowest BCUT2D eigenvalue weighted by molar-refractivity contribution is 0.228. The zero-order chi connectivity index (χ0) is 19.8. The van der Waals surface area contributed by atoms with Crippen molar-refractivity contribution in [1.82, 2.24) is 19.7 Å². The van der Waals surface area contributed by atoms with Crippen molar-refractivity contribution >= 4 is 11.8 Å². The molecule has 0 saturated carbocycles. The van der Waals surface area contributed by atoms with E-state index in [0.717, 1.165) is 43.3 Å². The van der Waals surface area contributed by atoms with E-state index >= 15 is 0 Å². The monoisotopic (exact) mass is 414 g/mol. The van der Waals surface area contributed by atoms with Crippen LogP contribution in [0.4, 0.5) is 4.39 Å². The van der Waals surface area contributed by atoms with Crippen LogP contribution in [0.25, 0.3) is 0 Å². The maximum Gasteiger partial charge on any atom is 0.244 e. The summed E-state index contributed by atoms with van der Waals surface area (Å²) < 4.78 is 15.7. The molecule has 2 aromatic rings. The number of halogens is 1. The highest BCUT2D eigenvalue weighted by Crippen LogP contribution is 2.41. The van der Waals surface area contributed by atoms with Crippen LogP contribution in [0.5, 0.6) is 0 Å². The molecule has 8 nitrogen and oxygen atoms in total. The molecule has 0 N–H and O–H groups in total. The van der Waals surface area contributed by atoms with Crippen LogP contribution < -0.4 is 0 Å². The molecule has 152 valence electrons. The Balaban J connectivity index is 1.15. The van der Waals surface area contributed by atoms with Crippen molar-refractivity contribution in [3.05, 3.63) is 41.0 Å². The van der Waals surface area contributed by atoms with Gasteiger partial charge in [0.1, 0.15) is 5.82 Å². The fourth-order valence-corrected chi connectivity index (χ4v) is 5.60. The molecule has 1 saturated heterocycles. The molecule has 5 rings (SSSR count). The Morgan fingerprint density at radius 2 is 2.03 bits per heavy atom. The highest BCUT2D eigenvalue weighted by Gasteiger charge is 2.38. The average Bonchev–Trinajstić information content (AvgIpc) is 3.46. The lowest BCUT2D eigenvalue weighted by Crippen LogP contribution is -2.35. The van der Waals surface area contributed by atoms with Gasteiger partial charge in [0.25, 0.3) is 0 Å². The van der Waals surface area contributed by atoms with E-state index in [1.165, 1.54) is 17.5 Å². The Morgan fingerprint density at radius 3 is 2.90 bits per heavy atom. The molecule has 3 aliphatic rings. The molecule has 2 aliphatic heterocycles. The highest BCUT2D eigenvalue weighted by molar-refractivity contribution is 7.99. The summed E-state index contributed by atoms with van der Waals surface area (Å²) in [4.78, 5) is 2.60. The fourth-order valence-electron chi connectivity index (χ4n) is 4.76. The molecule has 0 radical (unpaired) electrons. The summed E-state index contributed by atoms with van der Waals surface area (Å²) in [6.07, 6.45) is 3.97. The Bertz CT molecular complexity index is 946. The molecule has 1 aromatic heterocycles. The van der Waals surface area contributed by atoms with Crippen molar-refractivity contribution in [3.8, 4) is 0 Å². The molecule has 0 amide bonds. The third-order valence-corrected chi connectivity index (χ3v) is 7.27. The second-order valence-electron chi connectivity index (χ2n) is 7.77. The van der Waals surface area contributed by atoms with E-state index in [1.54, 1.807) is 23.9 Å². The van der Waals surface area contributed by atoms with Crippen LogP contribution in [0.15, 0.2) is 44.0 Å². The molecule has 1 aromatic carbocycles. The number of hydrogen-bond acceptors (Lipinski definition) is 8. The van der Waals surface area contributed by atoms with Gasteiger partial charge in [-0.25, -0.2) is 4.39 Å².